The van der Waals surface area contributed by atoms with E-state index in [9.17, 15) is 0 Å². The van der Waals surface area contributed by atoms with Crippen molar-refractivity contribution in [2.75, 3.05) is 18.0 Å². The number of anilines is 1. The quantitative estimate of drug-likeness (QED) is 0.638. The molecule has 0 bridgehead atoms. The zero-order valence-corrected chi connectivity index (χ0v) is 15.2. The second-order valence-corrected chi connectivity index (χ2v) is 6.69. The number of hydrogen-bond acceptors (Lipinski definition) is 4. The summed E-state index contributed by atoms with van der Waals surface area (Å²) < 4.78 is 6.02. The molecule has 1 aromatic carbocycles. The lowest BCUT2D eigenvalue weighted by Gasteiger charge is -2.20. The largest absolute Gasteiger partial charge is 0.472 e. The monoisotopic (exact) mass is 356 g/mol. The highest BCUT2D eigenvalue weighted by Crippen LogP contribution is 2.34. The molecule has 0 N–H and O–H groups in total. The zero-order valence-electron chi connectivity index (χ0n) is 15.2. The number of nitrogens with zero attached hydrogens (tertiary/aromatic N) is 4. The fraction of sp³-hybridized carbons (Fsp3) is 0.227. The van der Waals surface area contributed by atoms with E-state index in [2.05, 4.69) is 37.9 Å². The van der Waals surface area contributed by atoms with Gasteiger partial charge in [0, 0.05) is 30.8 Å². The summed E-state index contributed by atoms with van der Waals surface area (Å²) in [5, 5.41) is 0. The molecule has 5 nitrogen and oxygen atoms in total. The van der Waals surface area contributed by atoms with Crippen molar-refractivity contribution in [1.82, 2.24) is 9.97 Å². The van der Waals surface area contributed by atoms with E-state index < -0.39 is 0 Å². The molecule has 1 saturated heterocycles. The van der Waals surface area contributed by atoms with Gasteiger partial charge in [0.2, 0.25) is 5.88 Å². The number of ether oxygens (including phenoxy) is 1. The van der Waals surface area contributed by atoms with Crippen molar-refractivity contribution in [3.8, 4) is 17.0 Å². The molecule has 0 saturated carbocycles. The Morgan fingerprint density at radius 3 is 2.67 bits per heavy atom. The molecule has 3 aromatic rings. The summed E-state index contributed by atoms with van der Waals surface area (Å²) in [6, 6.07) is 16.1. The van der Waals surface area contributed by atoms with Crippen LogP contribution < -0.4 is 9.64 Å². The molecule has 0 spiro atoms. The number of pyridine rings is 2. The Labute approximate surface area is 159 Å². The van der Waals surface area contributed by atoms with Crippen molar-refractivity contribution in [3.05, 3.63) is 77.9 Å². The van der Waals surface area contributed by atoms with Gasteiger partial charge in [-0.1, -0.05) is 43.0 Å². The standard InChI is InChI=1S/C22H20N4O/c1-16-8-9-21(24-13-16)27-19-10-11-26(15-19)20-12-18(14-25-22(20)23-2)17-6-4-3-5-7-17/h3-9,12-14,19H,10-11,15H2,1H3/t19-/m0/s1. The maximum Gasteiger partial charge on any atom is 0.292 e. The van der Waals surface area contributed by atoms with Crippen LogP contribution in [0.3, 0.4) is 0 Å². The van der Waals surface area contributed by atoms with Crippen LogP contribution in [0.25, 0.3) is 16.0 Å². The van der Waals surface area contributed by atoms with Crippen molar-refractivity contribution < 1.29 is 4.74 Å². The average molecular weight is 356 g/mol. The first-order valence-corrected chi connectivity index (χ1v) is 9.00. The highest BCUT2D eigenvalue weighted by Gasteiger charge is 2.27. The van der Waals surface area contributed by atoms with E-state index in [4.69, 9.17) is 11.3 Å². The molecule has 1 aliphatic heterocycles. The van der Waals surface area contributed by atoms with Gasteiger partial charge in [-0.25, -0.2) is 4.98 Å². The predicted molar refractivity (Wildman–Crippen MR) is 106 cm³/mol. The van der Waals surface area contributed by atoms with Crippen molar-refractivity contribution in [3.63, 3.8) is 0 Å². The van der Waals surface area contributed by atoms with Gasteiger partial charge in [-0.15, -0.1) is 4.98 Å². The summed E-state index contributed by atoms with van der Waals surface area (Å²) in [6.07, 6.45) is 4.53. The second kappa shape index (κ2) is 7.46. The Hall–Kier alpha value is -3.39. The van der Waals surface area contributed by atoms with Gasteiger partial charge in [0.15, 0.2) is 0 Å². The third-order valence-electron chi connectivity index (χ3n) is 4.72. The van der Waals surface area contributed by atoms with Crippen LogP contribution in [0.5, 0.6) is 5.88 Å². The number of aromatic nitrogens is 2. The lowest BCUT2D eigenvalue weighted by Crippen LogP contribution is -2.25. The second-order valence-electron chi connectivity index (χ2n) is 6.69. The Kier molecular flexibility index (Phi) is 4.71. The summed E-state index contributed by atoms with van der Waals surface area (Å²) >= 11 is 0. The first-order chi connectivity index (χ1) is 13.2. The van der Waals surface area contributed by atoms with Gasteiger partial charge in [0.05, 0.1) is 12.2 Å². The molecule has 134 valence electrons. The number of rotatable bonds is 4. The van der Waals surface area contributed by atoms with Crippen LogP contribution >= 0.6 is 0 Å². The van der Waals surface area contributed by atoms with E-state index in [0.29, 0.717) is 11.7 Å². The molecule has 3 heterocycles. The third-order valence-corrected chi connectivity index (χ3v) is 4.72. The van der Waals surface area contributed by atoms with Crippen LogP contribution in [0.2, 0.25) is 0 Å². The van der Waals surface area contributed by atoms with Gasteiger partial charge >= 0.3 is 0 Å². The summed E-state index contributed by atoms with van der Waals surface area (Å²) in [6.45, 7) is 11.0. The lowest BCUT2D eigenvalue weighted by atomic mass is 10.1. The normalized spacial score (nSPS) is 16.1. The van der Waals surface area contributed by atoms with Crippen molar-refractivity contribution in [2.24, 2.45) is 0 Å². The van der Waals surface area contributed by atoms with Crippen molar-refractivity contribution >= 4 is 11.5 Å². The van der Waals surface area contributed by atoms with Crippen LogP contribution in [-0.4, -0.2) is 29.2 Å². The average Bonchev–Trinajstić information content (AvgIpc) is 3.18. The molecular weight excluding hydrogens is 336 g/mol. The SMILES string of the molecule is [C-]#[N+]c1ncc(-c2ccccc2)cc1N1CC[C@H](Oc2ccc(C)cn2)C1. The highest BCUT2D eigenvalue weighted by molar-refractivity contribution is 5.75. The topological polar surface area (TPSA) is 42.6 Å². The van der Waals surface area contributed by atoms with Crippen molar-refractivity contribution in [1.29, 1.82) is 0 Å². The van der Waals surface area contributed by atoms with Crippen LogP contribution in [0.4, 0.5) is 11.5 Å². The van der Waals surface area contributed by atoms with E-state index in [0.717, 1.165) is 41.9 Å². The minimum absolute atomic E-state index is 0.0548. The van der Waals surface area contributed by atoms with Crippen LogP contribution in [0.1, 0.15) is 12.0 Å². The Balaban J connectivity index is 1.54. The van der Waals surface area contributed by atoms with E-state index in [1.54, 1.807) is 6.20 Å². The molecule has 1 aliphatic rings. The molecule has 0 amide bonds. The number of hydrogen-bond donors (Lipinski definition) is 0. The molecule has 27 heavy (non-hydrogen) atoms. The van der Waals surface area contributed by atoms with Gasteiger partial charge in [-0.2, -0.15) is 0 Å². The molecule has 1 atom stereocenters. The molecular formula is C22H20N4O. The lowest BCUT2D eigenvalue weighted by molar-refractivity contribution is 0.216. The number of aryl methyl sites for hydroxylation is 1. The molecule has 4 rings (SSSR count). The van der Waals surface area contributed by atoms with Gasteiger partial charge in [0.1, 0.15) is 12.3 Å². The molecule has 0 aliphatic carbocycles. The van der Waals surface area contributed by atoms with Crippen LogP contribution in [-0.2, 0) is 0 Å². The first kappa shape index (κ1) is 17.0. The fourth-order valence-electron chi connectivity index (χ4n) is 3.29. The smallest absolute Gasteiger partial charge is 0.292 e. The molecule has 5 heteroatoms. The Morgan fingerprint density at radius 2 is 1.93 bits per heavy atom. The van der Waals surface area contributed by atoms with Crippen LogP contribution in [0, 0.1) is 13.5 Å². The molecule has 0 unspecified atom stereocenters. The summed E-state index contributed by atoms with van der Waals surface area (Å²) in [5.41, 5.74) is 4.09. The van der Waals surface area contributed by atoms with Gasteiger partial charge in [-0.3, -0.25) is 0 Å². The third kappa shape index (κ3) is 3.75. The van der Waals surface area contributed by atoms with E-state index in [-0.39, 0.29) is 6.10 Å². The predicted octanol–water partition coefficient (Wildman–Crippen LogP) is 4.66. The zero-order chi connectivity index (χ0) is 18.6. The summed E-state index contributed by atoms with van der Waals surface area (Å²) in [4.78, 5) is 14.5. The number of benzene rings is 1. The van der Waals surface area contributed by atoms with Gasteiger partial charge in [0.25, 0.3) is 5.82 Å². The molecule has 0 radical (unpaired) electrons. The van der Waals surface area contributed by atoms with Gasteiger partial charge < -0.3 is 14.5 Å². The minimum atomic E-state index is 0.0548. The van der Waals surface area contributed by atoms with E-state index in [1.165, 1.54) is 0 Å². The van der Waals surface area contributed by atoms with Crippen LogP contribution in [0.15, 0.2) is 60.9 Å². The molecule has 2 aromatic heterocycles. The molecule has 1 fully saturated rings. The maximum absolute atomic E-state index is 7.47. The minimum Gasteiger partial charge on any atom is -0.472 e. The summed E-state index contributed by atoms with van der Waals surface area (Å²) in [5.74, 6) is 1.08. The highest BCUT2D eigenvalue weighted by atomic mass is 16.5. The first-order valence-electron chi connectivity index (χ1n) is 9.00. The fourth-order valence-corrected chi connectivity index (χ4v) is 3.29. The van der Waals surface area contributed by atoms with E-state index in [1.807, 2.05) is 43.5 Å². The summed E-state index contributed by atoms with van der Waals surface area (Å²) in [7, 11) is 0. The maximum atomic E-state index is 7.47. The Bertz CT molecular complexity index is 964. The van der Waals surface area contributed by atoms with E-state index >= 15 is 0 Å². The Morgan fingerprint density at radius 1 is 1.07 bits per heavy atom. The van der Waals surface area contributed by atoms with Gasteiger partial charge in [-0.05, 0) is 24.1 Å². The van der Waals surface area contributed by atoms with Crippen molar-refractivity contribution in [2.45, 2.75) is 19.4 Å².